The molecule has 0 atom stereocenters. The molecule has 0 bridgehead atoms. The average molecular weight is 235 g/mol. The third-order valence-electron chi connectivity index (χ3n) is 2.48. The topological polar surface area (TPSA) is 44.5 Å². The molecule has 0 aliphatic carbocycles. The minimum absolute atomic E-state index is 0.502. The Hall–Kier alpha value is -1.48. The van der Waals surface area contributed by atoms with Crippen LogP contribution in [0, 0.1) is 0 Å². The Bertz CT molecular complexity index is 374. The van der Waals surface area contributed by atoms with Gasteiger partial charge in [0, 0.05) is 6.54 Å². The van der Waals surface area contributed by atoms with Crippen LogP contribution in [0.15, 0.2) is 30.4 Å². The van der Waals surface area contributed by atoms with Crippen molar-refractivity contribution in [3.63, 3.8) is 0 Å². The van der Waals surface area contributed by atoms with Crippen molar-refractivity contribution < 1.29 is 9.47 Å². The molecule has 3 heteroatoms. The molecule has 0 spiro atoms. The summed E-state index contributed by atoms with van der Waals surface area (Å²) in [6.07, 6.45) is 0.921. The Labute approximate surface area is 103 Å². The molecular weight excluding hydrogens is 214 g/mol. The summed E-state index contributed by atoms with van der Waals surface area (Å²) in [5.74, 6) is 1.50. The van der Waals surface area contributed by atoms with Gasteiger partial charge in [-0.3, -0.25) is 0 Å². The first-order chi connectivity index (χ1) is 8.21. The van der Waals surface area contributed by atoms with E-state index in [0.717, 1.165) is 29.1 Å². The summed E-state index contributed by atoms with van der Waals surface area (Å²) >= 11 is 0. The molecule has 0 saturated carbocycles. The highest BCUT2D eigenvalue weighted by atomic mass is 16.5. The summed E-state index contributed by atoms with van der Waals surface area (Å²) < 4.78 is 11.2. The van der Waals surface area contributed by atoms with E-state index >= 15 is 0 Å². The molecule has 0 saturated heterocycles. The molecule has 0 radical (unpaired) electrons. The first-order valence-corrected chi connectivity index (χ1v) is 5.96. The second-order valence-corrected chi connectivity index (χ2v) is 3.81. The van der Waals surface area contributed by atoms with E-state index < -0.39 is 0 Å². The molecule has 17 heavy (non-hydrogen) atoms. The van der Waals surface area contributed by atoms with Crippen LogP contribution in [0.4, 0.5) is 0 Å². The van der Waals surface area contributed by atoms with Crippen molar-refractivity contribution in [2.75, 3.05) is 13.2 Å². The summed E-state index contributed by atoms with van der Waals surface area (Å²) in [4.78, 5) is 0. The predicted octanol–water partition coefficient (Wildman–Crippen LogP) is 2.89. The van der Waals surface area contributed by atoms with Gasteiger partial charge in [-0.25, -0.2) is 0 Å². The monoisotopic (exact) mass is 235 g/mol. The largest absolute Gasteiger partial charge is 0.490 e. The number of hydrogen-bond acceptors (Lipinski definition) is 3. The summed E-state index contributed by atoms with van der Waals surface area (Å²) in [5, 5.41) is 0. The second-order valence-electron chi connectivity index (χ2n) is 3.81. The van der Waals surface area contributed by atoms with Crippen LogP contribution < -0.4 is 15.2 Å². The minimum Gasteiger partial charge on any atom is -0.490 e. The Balaban J connectivity index is 2.78. The van der Waals surface area contributed by atoms with Crippen LogP contribution >= 0.6 is 0 Å². The number of benzene rings is 1. The maximum absolute atomic E-state index is 5.68. The third kappa shape index (κ3) is 4.11. The van der Waals surface area contributed by atoms with Gasteiger partial charge < -0.3 is 15.2 Å². The Morgan fingerprint density at radius 2 is 2.00 bits per heavy atom. The summed E-state index contributed by atoms with van der Waals surface area (Å²) in [6, 6.07) is 5.77. The number of ether oxygens (including phenoxy) is 2. The van der Waals surface area contributed by atoms with Gasteiger partial charge in [-0.1, -0.05) is 19.6 Å². The van der Waals surface area contributed by atoms with Crippen molar-refractivity contribution in [3.8, 4) is 11.5 Å². The molecule has 0 unspecified atom stereocenters. The second kappa shape index (κ2) is 6.97. The molecular formula is C14H21NO2. The summed E-state index contributed by atoms with van der Waals surface area (Å²) in [5.41, 5.74) is 7.70. The standard InChI is InChI=1S/C14H21NO2/c1-4-11(3)10-17-13-7-6-12(9-15)8-14(13)16-5-2/h6-8H,3-5,9-10,15H2,1-2H3. The maximum Gasteiger partial charge on any atom is 0.161 e. The van der Waals surface area contributed by atoms with Gasteiger partial charge in [0.15, 0.2) is 11.5 Å². The van der Waals surface area contributed by atoms with Crippen LogP contribution in [-0.2, 0) is 6.54 Å². The van der Waals surface area contributed by atoms with Gasteiger partial charge in [0.1, 0.15) is 6.61 Å². The molecule has 1 rings (SSSR count). The minimum atomic E-state index is 0.502. The first-order valence-electron chi connectivity index (χ1n) is 5.96. The van der Waals surface area contributed by atoms with E-state index in [0.29, 0.717) is 19.8 Å². The zero-order valence-corrected chi connectivity index (χ0v) is 10.7. The van der Waals surface area contributed by atoms with E-state index in [4.69, 9.17) is 15.2 Å². The van der Waals surface area contributed by atoms with Crippen molar-refractivity contribution >= 4 is 0 Å². The maximum atomic E-state index is 5.68. The number of hydrogen-bond donors (Lipinski definition) is 1. The van der Waals surface area contributed by atoms with E-state index in [1.165, 1.54) is 0 Å². The van der Waals surface area contributed by atoms with Crippen LogP contribution in [-0.4, -0.2) is 13.2 Å². The number of nitrogens with two attached hydrogens (primary N) is 1. The zero-order valence-electron chi connectivity index (χ0n) is 10.7. The van der Waals surface area contributed by atoms with Gasteiger partial charge in [0.25, 0.3) is 0 Å². The molecule has 2 N–H and O–H groups in total. The molecule has 0 aliphatic heterocycles. The Morgan fingerprint density at radius 3 is 2.59 bits per heavy atom. The van der Waals surface area contributed by atoms with Crippen LogP contribution in [0.5, 0.6) is 11.5 Å². The van der Waals surface area contributed by atoms with Crippen molar-refractivity contribution in [1.29, 1.82) is 0 Å². The molecule has 1 aromatic carbocycles. The van der Waals surface area contributed by atoms with Crippen LogP contribution in [0.25, 0.3) is 0 Å². The van der Waals surface area contributed by atoms with E-state index in [1.54, 1.807) is 0 Å². The van der Waals surface area contributed by atoms with Crippen molar-refractivity contribution in [3.05, 3.63) is 35.9 Å². The molecule has 3 nitrogen and oxygen atoms in total. The van der Waals surface area contributed by atoms with Gasteiger partial charge in [-0.2, -0.15) is 0 Å². The fraction of sp³-hybridized carbons (Fsp3) is 0.429. The molecule has 0 heterocycles. The summed E-state index contributed by atoms with van der Waals surface area (Å²) in [6.45, 7) is 9.56. The van der Waals surface area contributed by atoms with Gasteiger partial charge in [0.05, 0.1) is 6.61 Å². The molecule has 0 amide bonds. The molecule has 94 valence electrons. The molecule has 0 fully saturated rings. The van der Waals surface area contributed by atoms with Crippen molar-refractivity contribution in [2.45, 2.75) is 26.8 Å². The Morgan fingerprint density at radius 1 is 1.24 bits per heavy atom. The van der Waals surface area contributed by atoms with Crippen molar-refractivity contribution in [2.24, 2.45) is 5.73 Å². The quantitative estimate of drug-likeness (QED) is 0.739. The van der Waals surface area contributed by atoms with Gasteiger partial charge in [-0.05, 0) is 36.6 Å². The van der Waals surface area contributed by atoms with E-state index in [2.05, 4.69) is 13.5 Å². The fourth-order valence-corrected chi connectivity index (χ4v) is 1.35. The smallest absolute Gasteiger partial charge is 0.161 e. The summed E-state index contributed by atoms with van der Waals surface area (Å²) in [7, 11) is 0. The fourth-order valence-electron chi connectivity index (χ4n) is 1.35. The molecule has 1 aromatic rings. The van der Waals surface area contributed by atoms with Crippen LogP contribution in [0.1, 0.15) is 25.8 Å². The Kier molecular flexibility index (Phi) is 5.57. The van der Waals surface area contributed by atoms with Crippen LogP contribution in [0.3, 0.4) is 0 Å². The highest BCUT2D eigenvalue weighted by Crippen LogP contribution is 2.28. The lowest BCUT2D eigenvalue weighted by atomic mass is 10.2. The van der Waals surface area contributed by atoms with Gasteiger partial charge in [0.2, 0.25) is 0 Å². The first kappa shape index (κ1) is 13.6. The van der Waals surface area contributed by atoms with E-state index in [9.17, 15) is 0 Å². The van der Waals surface area contributed by atoms with E-state index in [1.807, 2.05) is 25.1 Å². The zero-order chi connectivity index (χ0) is 12.7. The predicted molar refractivity (Wildman–Crippen MR) is 70.4 cm³/mol. The molecule has 0 aliphatic rings. The average Bonchev–Trinajstić information content (AvgIpc) is 2.37. The lowest BCUT2D eigenvalue weighted by Crippen LogP contribution is -2.04. The van der Waals surface area contributed by atoms with Gasteiger partial charge in [-0.15, -0.1) is 0 Å². The molecule has 0 aromatic heterocycles. The SMILES string of the molecule is C=C(CC)COc1ccc(CN)cc1OCC. The van der Waals surface area contributed by atoms with Crippen molar-refractivity contribution in [1.82, 2.24) is 0 Å². The van der Waals surface area contributed by atoms with Crippen LogP contribution in [0.2, 0.25) is 0 Å². The lowest BCUT2D eigenvalue weighted by molar-refractivity contribution is 0.291. The van der Waals surface area contributed by atoms with E-state index in [-0.39, 0.29) is 0 Å². The number of rotatable bonds is 7. The highest BCUT2D eigenvalue weighted by Gasteiger charge is 2.06. The third-order valence-corrected chi connectivity index (χ3v) is 2.48. The van der Waals surface area contributed by atoms with Gasteiger partial charge >= 0.3 is 0 Å². The highest BCUT2D eigenvalue weighted by molar-refractivity contribution is 5.43. The normalized spacial score (nSPS) is 10.1. The lowest BCUT2D eigenvalue weighted by Gasteiger charge is -2.13.